The molecule has 19 heteroatoms. The van der Waals surface area contributed by atoms with E-state index >= 15 is 0 Å². The summed E-state index contributed by atoms with van der Waals surface area (Å²) in [5.74, 6) is -3.34. The smallest absolute Gasteiger partial charge is 0.432 e. The van der Waals surface area contributed by atoms with Crippen molar-refractivity contribution in [2.24, 2.45) is 0 Å². The van der Waals surface area contributed by atoms with E-state index in [4.69, 9.17) is 35.0 Å². The number of aliphatic hydroxyl groups excluding tert-OH is 1. The number of furan rings is 1. The number of alkyl halides is 4. The summed E-state index contributed by atoms with van der Waals surface area (Å²) in [5.41, 5.74) is -1.10. The molecule has 2 aliphatic heterocycles. The number of nitrogens with one attached hydrogen (secondary N) is 3. The van der Waals surface area contributed by atoms with Gasteiger partial charge in [-0.1, -0.05) is 12.1 Å². The average Bonchev–Trinajstić information content (AvgIpc) is 4.02. The Kier molecular flexibility index (Phi) is 9.94. The van der Waals surface area contributed by atoms with E-state index in [1.165, 1.54) is 29.0 Å². The van der Waals surface area contributed by atoms with E-state index < -0.39 is 65.6 Å². The molecule has 0 spiro atoms. The topological polar surface area (TPSA) is 189 Å². The highest BCUT2D eigenvalue weighted by atomic mass is 35.5. The number of benzene rings is 3. The number of anilines is 2. The fourth-order valence-electron chi connectivity index (χ4n) is 7.49. The van der Waals surface area contributed by atoms with Crippen LogP contribution in [-0.4, -0.2) is 103 Å². The van der Waals surface area contributed by atoms with E-state index in [-0.39, 0.29) is 65.8 Å². The van der Waals surface area contributed by atoms with Crippen molar-refractivity contribution >= 4 is 79.6 Å². The van der Waals surface area contributed by atoms with Crippen molar-refractivity contribution in [2.45, 2.75) is 18.1 Å². The number of aromatic nitrogens is 2. The number of para-hydroxylation sites is 1. The third kappa shape index (κ3) is 6.61. The van der Waals surface area contributed by atoms with Crippen LogP contribution in [0.3, 0.4) is 0 Å². The highest BCUT2D eigenvalue weighted by Gasteiger charge is 2.44. The molecule has 5 heterocycles. The number of hydrogen-bond donors (Lipinski definition) is 4. The number of ether oxygens (including phenoxy) is 4. The molecule has 1 unspecified atom stereocenters. The van der Waals surface area contributed by atoms with Gasteiger partial charge < -0.3 is 48.7 Å². The lowest BCUT2D eigenvalue weighted by atomic mass is 9.95. The maximum absolute atomic E-state index is 14.6. The minimum absolute atomic E-state index is 0.00655. The third-order valence-corrected chi connectivity index (χ3v) is 10.6. The van der Waals surface area contributed by atoms with Crippen LogP contribution < -0.4 is 19.7 Å². The molecular formula is C39H33ClF3N5O10. The summed E-state index contributed by atoms with van der Waals surface area (Å²) < 4.78 is 70.6. The predicted octanol–water partition coefficient (Wildman–Crippen LogP) is 6.64. The van der Waals surface area contributed by atoms with E-state index in [1.54, 1.807) is 42.5 Å². The van der Waals surface area contributed by atoms with Crippen molar-refractivity contribution in [2.75, 3.05) is 63.2 Å². The molecule has 3 aromatic carbocycles. The molecular weight excluding hydrogens is 791 g/mol. The van der Waals surface area contributed by atoms with Crippen molar-refractivity contribution in [1.82, 2.24) is 14.9 Å². The van der Waals surface area contributed by atoms with Crippen molar-refractivity contribution in [1.29, 1.82) is 0 Å². The largest absolute Gasteiger partial charge is 0.493 e. The first-order valence-corrected chi connectivity index (χ1v) is 18.3. The van der Waals surface area contributed by atoms with Crippen molar-refractivity contribution < 1.29 is 60.8 Å². The molecule has 0 bridgehead atoms. The van der Waals surface area contributed by atoms with Gasteiger partial charge in [-0.2, -0.15) is 13.2 Å². The number of esters is 1. The summed E-state index contributed by atoms with van der Waals surface area (Å²) in [6, 6.07) is 13.7. The molecule has 4 N–H and O–H groups in total. The Hall–Kier alpha value is -6.24. The van der Waals surface area contributed by atoms with E-state index in [2.05, 4.69) is 15.3 Å². The molecule has 15 nitrogen and oxygen atoms in total. The minimum atomic E-state index is -5.09. The number of methoxy groups -OCH3 is 2. The zero-order valence-electron chi connectivity index (χ0n) is 30.6. The van der Waals surface area contributed by atoms with Gasteiger partial charge in [0.25, 0.3) is 11.8 Å². The first-order chi connectivity index (χ1) is 27.8. The zero-order valence-corrected chi connectivity index (χ0v) is 31.4. The van der Waals surface area contributed by atoms with Crippen LogP contribution in [0.2, 0.25) is 0 Å². The fourth-order valence-corrected chi connectivity index (χ4v) is 7.74. The van der Waals surface area contributed by atoms with Gasteiger partial charge in [0.2, 0.25) is 0 Å². The normalized spacial score (nSPS) is 16.9. The number of amides is 3. The SMILES string of the molecule is COC(=O)c1c(C(F)(F)F)[nH]c2c(OC(=O)N3CCOCC3CO)cc3c(c12)[C@H](CCl)CN3C(=O)c1cc2cc(NC(=O)c3cc4cccc(OC)c4o3)ccc2[nH]1. The molecule has 0 radical (unpaired) electrons. The van der Waals surface area contributed by atoms with Crippen LogP contribution in [0.25, 0.3) is 32.8 Å². The van der Waals surface area contributed by atoms with Gasteiger partial charge in [0.05, 0.1) is 56.8 Å². The molecule has 1 fully saturated rings. The Morgan fingerprint density at radius 3 is 2.57 bits per heavy atom. The lowest BCUT2D eigenvalue weighted by Crippen LogP contribution is -2.51. The standard InChI is InChI=1S/C39H33ClF3N5O10/c1-54-26-5-3-4-18-12-28(57-33(18)26)35(50)44-21-6-7-23-19(10-21)11-24(45-23)36(51)48-15-20(14-40)29-25(48)13-27(58-38(53)47-8-9-56-17-22(47)16-49)32-30(29)31(37(52)55-2)34(46-32)39(41,42)43/h3-7,10-13,20,22,45-46,49H,8-9,14-17H2,1-2H3,(H,44,50)/t20-,22?/m1/s1. The van der Waals surface area contributed by atoms with Gasteiger partial charge in [-0.05, 0) is 42.0 Å². The van der Waals surface area contributed by atoms with Gasteiger partial charge in [-0.15, -0.1) is 11.6 Å². The summed E-state index contributed by atoms with van der Waals surface area (Å²) in [7, 11) is 2.42. The van der Waals surface area contributed by atoms with Crippen molar-refractivity contribution in [3.05, 3.63) is 82.9 Å². The number of carbonyl (C=O) groups is 4. The zero-order chi connectivity index (χ0) is 41.0. The van der Waals surface area contributed by atoms with Crippen LogP contribution in [0.15, 0.2) is 59.0 Å². The highest BCUT2D eigenvalue weighted by molar-refractivity contribution is 6.20. The molecule has 8 rings (SSSR count). The van der Waals surface area contributed by atoms with Gasteiger partial charge in [0.15, 0.2) is 22.8 Å². The predicted molar refractivity (Wildman–Crippen MR) is 203 cm³/mol. The molecule has 3 amide bonds. The first kappa shape index (κ1) is 38.6. The van der Waals surface area contributed by atoms with Crippen LogP contribution in [-0.2, 0) is 15.7 Å². The summed E-state index contributed by atoms with van der Waals surface area (Å²) in [5, 5.41) is 13.6. The van der Waals surface area contributed by atoms with Crippen LogP contribution in [0.1, 0.15) is 48.6 Å². The molecule has 0 aliphatic carbocycles. The number of carbonyl (C=O) groups excluding carboxylic acids is 4. The van der Waals surface area contributed by atoms with E-state index in [0.717, 1.165) is 7.11 Å². The average molecular weight is 824 g/mol. The molecule has 302 valence electrons. The maximum atomic E-state index is 14.6. The second kappa shape index (κ2) is 14.9. The lowest BCUT2D eigenvalue weighted by molar-refractivity contribution is -0.141. The van der Waals surface area contributed by atoms with E-state index in [0.29, 0.717) is 33.3 Å². The Bertz CT molecular complexity index is 2640. The number of rotatable bonds is 8. The number of aliphatic hydroxyl groups is 1. The number of nitrogens with zero attached hydrogens (tertiary/aromatic N) is 2. The highest BCUT2D eigenvalue weighted by Crippen LogP contribution is 2.50. The Morgan fingerprint density at radius 2 is 1.84 bits per heavy atom. The molecule has 2 atom stereocenters. The van der Waals surface area contributed by atoms with E-state index in [9.17, 15) is 37.5 Å². The van der Waals surface area contributed by atoms with Crippen LogP contribution >= 0.6 is 11.6 Å². The summed E-state index contributed by atoms with van der Waals surface area (Å²) >= 11 is 6.41. The second-order valence-electron chi connectivity index (χ2n) is 13.6. The van der Waals surface area contributed by atoms with Gasteiger partial charge >= 0.3 is 18.2 Å². The molecule has 0 saturated carbocycles. The Balaban J connectivity index is 1.17. The molecule has 58 heavy (non-hydrogen) atoms. The number of aromatic amines is 2. The quantitative estimate of drug-likeness (QED) is 0.0958. The summed E-state index contributed by atoms with van der Waals surface area (Å²) in [6.07, 6.45) is -6.09. The Labute approximate surface area is 330 Å². The lowest BCUT2D eigenvalue weighted by Gasteiger charge is -2.33. The fraction of sp³-hybridized carbons (Fsp3) is 0.282. The van der Waals surface area contributed by atoms with Gasteiger partial charge in [-0.25, -0.2) is 9.59 Å². The minimum Gasteiger partial charge on any atom is -0.493 e. The van der Waals surface area contributed by atoms with E-state index in [1.807, 2.05) is 0 Å². The second-order valence-corrected chi connectivity index (χ2v) is 13.9. The monoisotopic (exact) mass is 823 g/mol. The number of hydrogen-bond acceptors (Lipinski definition) is 10. The summed E-state index contributed by atoms with van der Waals surface area (Å²) in [4.78, 5) is 62.0. The van der Waals surface area contributed by atoms with Crippen LogP contribution in [0, 0.1) is 0 Å². The van der Waals surface area contributed by atoms with Crippen LogP contribution in [0.5, 0.6) is 11.5 Å². The molecule has 2 aliphatic rings. The van der Waals surface area contributed by atoms with Crippen molar-refractivity contribution in [3.8, 4) is 11.5 Å². The van der Waals surface area contributed by atoms with Gasteiger partial charge in [-0.3, -0.25) is 14.5 Å². The first-order valence-electron chi connectivity index (χ1n) is 17.8. The van der Waals surface area contributed by atoms with Crippen LogP contribution in [0.4, 0.5) is 29.3 Å². The Morgan fingerprint density at radius 1 is 1.03 bits per heavy atom. The summed E-state index contributed by atoms with van der Waals surface area (Å²) in [6.45, 7) is -0.464. The molecule has 1 saturated heterocycles. The van der Waals surface area contributed by atoms with Gasteiger partial charge in [0.1, 0.15) is 11.4 Å². The number of morpholine rings is 1. The third-order valence-electron chi connectivity index (χ3n) is 10.2. The van der Waals surface area contributed by atoms with Gasteiger partial charge in [0, 0.05) is 58.3 Å². The van der Waals surface area contributed by atoms with Crippen molar-refractivity contribution in [3.63, 3.8) is 0 Å². The molecule has 3 aromatic heterocycles. The number of halogens is 4. The number of H-pyrrole nitrogens is 2. The maximum Gasteiger partial charge on any atom is 0.432 e. The number of fused-ring (bicyclic) bond motifs is 5. The molecule has 6 aromatic rings.